The second-order valence-corrected chi connectivity index (χ2v) is 5.26. The smallest absolute Gasteiger partial charge is 0.303 e. The summed E-state index contributed by atoms with van der Waals surface area (Å²) in [6, 6.07) is 3.79. The number of aliphatic carboxylic acids is 1. The van der Waals surface area contributed by atoms with Gasteiger partial charge in [-0.1, -0.05) is 0 Å². The van der Waals surface area contributed by atoms with Crippen molar-refractivity contribution < 1.29 is 14.7 Å². The quantitative estimate of drug-likeness (QED) is 0.899. The van der Waals surface area contributed by atoms with E-state index in [2.05, 4.69) is 0 Å². The van der Waals surface area contributed by atoms with E-state index in [0.717, 1.165) is 18.7 Å². The van der Waals surface area contributed by atoms with Crippen molar-refractivity contribution >= 4 is 11.9 Å². The summed E-state index contributed by atoms with van der Waals surface area (Å²) in [5.74, 6) is -0.391. The monoisotopic (exact) mass is 264 g/mol. The fourth-order valence-corrected chi connectivity index (χ4v) is 2.57. The second-order valence-electron chi connectivity index (χ2n) is 5.26. The van der Waals surface area contributed by atoms with Crippen LogP contribution in [0.1, 0.15) is 35.4 Å². The maximum absolute atomic E-state index is 12.4. The molecule has 1 aromatic rings. The number of hydrogen-bond acceptors (Lipinski definition) is 2. The number of aryl methyl sites for hydroxylation is 1. The molecule has 0 aliphatic carbocycles. The molecule has 1 unspecified atom stereocenters. The molecule has 1 aliphatic heterocycles. The molecule has 0 bridgehead atoms. The Kier molecular flexibility index (Phi) is 3.93. The zero-order chi connectivity index (χ0) is 14.0. The van der Waals surface area contributed by atoms with Crippen LogP contribution in [-0.2, 0) is 11.8 Å². The number of carboxylic acid groups (broad SMARTS) is 1. The molecule has 1 aromatic heterocycles. The van der Waals surface area contributed by atoms with E-state index in [4.69, 9.17) is 5.11 Å². The molecule has 5 nitrogen and oxygen atoms in total. The van der Waals surface area contributed by atoms with Crippen LogP contribution in [-0.4, -0.2) is 39.5 Å². The molecule has 0 aromatic carbocycles. The van der Waals surface area contributed by atoms with Gasteiger partial charge in [0.2, 0.25) is 0 Å². The van der Waals surface area contributed by atoms with Gasteiger partial charge in [0.1, 0.15) is 5.69 Å². The Balaban J connectivity index is 1.95. The molecule has 0 radical (unpaired) electrons. The highest BCUT2D eigenvalue weighted by Gasteiger charge is 2.28. The number of aromatic nitrogens is 1. The van der Waals surface area contributed by atoms with Crippen LogP contribution in [0.15, 0.2) is 12.1 Å². The number of carbonyl (C=O) groups is 2. The van der Waals surface area contributed by atoms with Gasteiger partial charge in [-0.05, 0) is 37.8 Å². The predicted octanol–water partition coefficient (Wildman–Crippen LogP) is 1.66. The van der Waals surface area contributed by atoms with E-state index in [1.165, 1.54) is 0 Å². The summed E-state index contributed by atoms with van der Waals surface area (Å²) in [7, 11) is 1.89. The van der Waals surface area contributed by atoms with Crippen LogP contribution >= 0.6 is 0 Å². The van der Waals surface area contributed by atoms with Crippen molar-refractivity contribution in [1.29, 1.82) is 0 Å². The van der Waals surface area contributed by atoms with E-state index in [1.54, 1.807) is 0 Å². The fourth-order valence-electron chi connectivity index (χ4n) is 2.57. The largest absolute Gasteiger partial charge is 0.481 e. The van der Waals surface area contributed by atoms with Gasteiger partial charge >= 0.3 is 5.97 Å². The lowest BCUT2D eigenvalue weighted by Gasteiger charge is -2.17. The first-order valence-corrected chi connectivity index (χ1v) is 6.62. The summed E-state index contributed by atoms with van der Waals surface area (Å²) in [5.41, 5.74) is 1.77. The van der Waals surface area contributed by atoms with Gasteiger partial charge in [0.05, 0.1) is 0 Å². The van der Waals surface area contributed by atoms with Crippen molar-refractivity contribution in [1.82, 2.24) is 9.47 Å². The third-order valence-corrected chi connectivity index (χ3v) is 3.93. The summed E-state index contributed by atoms with van der Waals surface area (Å²) in [4.78, 5) is 24.7. The van der Waals surface area contributed by atoms with Gasteiger partial charge in [0.25, 0.3) is 5.91 Å². The number of nitrogens with zero attached hydrogens (tertiary/aromatic N) is 2. The van der Waals surface area contributed by atoms with Crippen molar-refractivity contribution in [2.45, 2.75) is 26.2 Å². The number of carbonyl (C=O) groups excluding carboxylic acids is 1. The lowest BCUT2D eigenvalue weighted by Crippen LogP contribution is -2.30. The molecule has 5 heteroatoms. The molecule has 0 spiro atoms. The summed E-state index contributed by atoms with van der Waals surface area (Å²) >= 11 is 0. The lowest BCUT2D eigenvalue weighted by atomic mass is 10.0. The first-order valence-electron chi connectivity index (χ1n) is 6.62. The van der Waals surface area contributed by atoms with E-state index < -0.39 is 5.97 Å². The van der Waals surface area contributed by atoms with Gasteiger partial charge in [-0.3, -0.25) is 9.59 Å². The average molecular weight is 264 g/mol. The van der Waals surface area contributed by atoms with Gasteiger partial charge in [0, 0.05) is 32.3 Å². The average Bonchev–Trinajstić information content (AvgIpc) is 2.95. The SMILES string of the molecule is Cc1ccc(C(=O)N2CCC(CCC(=O)O)C2)n1C. The summed E-state index contributed by atoms with van der Waals surface area (Å²) in [6.07, 6.45) is 1.75. The van der Waals surface area contributed by atoms with Crippen molar-refractivity contribution in [3.8, 4) is 0 Å². The molecule has 2 heterocycles. The number of amides is 1. The number of carboxylic acids is 1. The van der Waals surface area contributed by atoms with Gasteiger partial charge in [-0.25, -0.2) is 0 Å². The minimum absolute atomic E-state index is 0.0495. The topological polar surface area (TPSA) is 62.5 Å². The van der Waals surface area contributed by atoms with Gasteiger partial charge < -0.3 is 14.6 Å². The third-order valence-electron chi connectivity index (χ3n) is 3.93. The molecule has 1 N–H and O–H groups in total. The Bertz CT molecular complexity index is 493. The highest BCUT2D eigenvalue weighted by molar-refractivity contribution is 5.93. The first kappa shape index (κ1) is 13.6. The Labute approximate surface area is 112 Å². The van der Waals surface area contributed by atoms with Crippen molar-refractivity contribution in [2.24, 2.45) is 13.0 Å². The van der Waals surface area contributed by atoms with Gasteiger partial charge in [0.15, 0.2) is 0 Å². The molecule has 1 saturated heterocycles. The van der Waals surface area contributed by atoms with Crippen LogP contribution in [0.3, 0.4) is 0 Å². The fraction of sp³-hybridized carbons (Fsp3) is 0.571. The maximum atomic E-state index is 12.4. The van der Waals surface area contributed by atoms with Crippen LogP contribution in [0.25, 0.3) is 0 Å². The maximum Gasteiger partial charge on any atom is 0.303 e. The second kappa shape index (κ2) is 5.47. The minimum Gasteiger partial charge on any atom is -0.481 e. The first-order chi connectivity index (χ1) is 8.99. The molecule has 1 atom stereocenters. The highest BCUT2D eigenvalue weighted by Crippen LogP contribution is 2.23. The molecule has 1 amide bonds. The number of rotatable bonds is 4. The molecular formula is C14H20N2O3. The van der Waals surface area contributed by atoms with Crippen LogP contribution in [0, 0.1) is 12.8 Å². The van der Waals surface area contributed by atoms with Gasteiger partial charge in [-0.2, -0.15) is 0 Å². The van der Waals surface area contributed by atoms with Crippen LogP contribution < -0.4 is 0 Å². The minimum atomic E-state index is -0.761. The normalized spacial score (nSPS) is 18.8. The third kappa shape index (κ3) is 2.97. The highest BCUT2D eigenvalue weighted by atomic mass is 16.4. The van der Waals surface area contributed by atoms with Crippen molar-refractivity contribution in [3.63, 3.8) is 0 Å². The van der Waals surface area contributed by atoms with Crippen LogP contribution in [0.5, 0.6) is 0 Å². The Morgan fingerprint density at radius 1 is 1.42 bits per heavy atom. The molecule has 1 aliphatic rings. The molecule has 1 fully saturated rings. The summed E-state index contributed by atoms with van der Waals surface area (Å²) in [6.45, 7) is 3.38. The molecule has 2 rings (SSSR count). The molecule has 0 saturated carbocycles. The van der Waals surface area contributed by atoms with Crippen LogP contribution in [0.2, 0.25) is 0 Å². The van der Waals surface area contributed by atoms with E-state index in [1.807, 2.05) is 35.6 Å². The van der Waals surface area contributed by atoms with Crippen molar-refractivity contribution in [3.05, 3.63) is 23.5 Å². The van der Waals surface area contributed by atoms with E-state index in [0.29, 0.717) is 24.6 Å². The zero-order valence-electron chi connectivity index (χ0n) is 11.4. The van der Waals surface area contributed by atoms with E-state index in [9.17, 15) is 9.59 Å². The number of hydrogen-bond donors (Lipinski definition) is 1. The Morgan fingerprint density at radius 2 is 2.16 bits per heavy atom. The predicted molar refractivity (Wildman–Crippen MR) is 71.0 cm³/mol. The van der Waals surface area contributed by atoms with Crippen molar-refractivity contribution in [2.75, 3.05) is 13.1 Å². The molecular weight excluding hydrogens is 244 g/mol. The Hall–Kier alpha value is -1.78. The van der Waals surface area contributed by atoms with E-state index >= 15 is 0 Å². The number of likely N-dealkylation sites (tertiary alicyclic amines) is 1. The van der Waals surface area contributed by atoms with Gasteiger partial charge in [-0.15, -0.1) is 0 Å². The standard InChI is InChI=1S/C14H20N2O3/c1-10-3-5-12(15(10)2)14(19)16-8-7-11(9-16)4-6-13(17)18/h3,5,11H,4,6-9H2,1-2H3,(H,17,18). The van der Waals surface area contributed by atoms with Crippen LogP contribution in [0.4, 0.5) is 0 Å². The summed E-state index contributed by atoms with van der Waals surface area (Å²) < 4.78 is 1.90. The zero-order valence-corrected chi connectivity index (χ0v) is 11.4. The molecule has 104 valence electrons. The lowest BCUT2D eigenvalue weighted by molar-refractivity contribution is -0.137. The van der Waals surface area contributed by atoms with E-state index in [-0.39, 0.29) is 12.3 Å². The molecule has 19 heavy (non-hydrogen) atoms. The Morgan fingerprint density at radius 3 is 2.74 bits per heavy atom. The summed E-state index contributed by atoms with van der Waals surface area (Å²) in [5, 5.41) is 8.68.